The van der Waals surface area contributed by atoms with Crippen LogP contribution in [0, 0.1) is 0 Å². The van der Waals surface area contributed by atoms with Crippen molar-refractivity contribution in [3.63, 3.8) is 0 Å². The number of aliphatic hydroxyl groups is 1. The third-order valence-electron chi connectivity index (χ3n) is 0.972. The van der Waals surface area contributed by atoms with E-state index in [0.717, 1.165) is 0 Å². The van der Waals surface area contributed by atoms with Gasteiger partial charge in [0.2, 0.25) is 0 Å². The van der Waals surface area contributed by atoms with Gasteiger partial charge in [-0.3, -0.25) is 0 Å². The fourth-order valence-corrected chi connectivity index (χ4v) is 0.487. The standard InChI is InChI=1S/C7H14N2O3/c1-2-3-9-12-7(11)6-8-4-5-10/h2,8-10H,1,3-6H2. The van der Waals surface area contributed by atoms with Crippen molar-refractivity contribution in [3.05, 3.63) is 12.7 Å². The van der Waals surface area contributed by atoms with Crippen LogP contribution in [0.25, 0.3) is 0 Å². The van der Waals surface area contributed by atoms with Crippen molar-refractivity contribution in [2.75, 3.05) is 26.2 Å². The number of nitrogens with one attached hydrogen (secondary N) is 2. The normalized spacial score (nSPS) is 9.42. The Kier molecular flexibility index (Phi) is 7.57. The summed E-state index contributed by atoms with van der Waals surface area (Å²) < 4.78 is 0. The van der Waals surface area contributed by atoms with Crippen molar-refractivity contribution < 1.29 is 14.7 Å². The average Bonchev–Trinajstić information content (AvgIpc) is 2.06. The summed E-state index contributed by atoms with van der Waals surface area (Å²) in [6.07, 6.45) is 1.58. The van der Waals surface area contributed by atoms with E-state index in [2.05, 4.69) is 22.2 Å². The Morgan fingerprint density at radius 3 is 3.00 bits per heavy atom. The van der Waals surface area contributed by atoms with Gasteiger partial charge in [0.15, 0.2) is 0 Å². The van der Waals surface area contributed by atoms with Gasteiger partial charge in [-0.2, -0.15) is 0 Å². The number of rotatable bonds is 7. The minimum Gasteiger partial charge on any atom is -0.395 e. The lowest BCUT2D eigenvalue weighted by atomic mass is 10.6. The van der Waals surface area contributed by atoms with Crippen LogP contribution in [0.1, 0.15) is 0 Å². The van der Waals surface area contributed by atoms with Gasteiger partial charge in [-0.25, -0.2) is 4.79 Å². The van der Waals surface area contributed by atoms with Gasteiger partial charge >= 0.3 is 5.97 Å². The SMILES string of the molecule is C=CCNOC(=O)CNCCO. The zero-order chi connectivity index (χ0) is 9.23. The molecule has 0 radical (unpaired) electrons. The second-order valence-electron chi connectivity index (χ2n) is 2.01. The molecule has 0 heterocycles. The first-order valence-electron chi connectivity index (χ1n) is 3.66. The van der Waals surface area contributed by atoms with Crippen LogP contribution in [0.3, 0.4) is 0 Å². The molecule has 0 aromatic carbocycles. The summed E-state index contributed by atoms with van der Waals surface area (Å²) >= 11 is 0. The van der Waals surface area contributed by atoms with Crippen molar-refractivity contribution in [2.24, 2.45) is 0 Å². The van der Waals surface area contributed by atoms with E-state index in [4.69, 9.17) is 5.11 Å². The summed E-state index contributed by atoms with van der Waals surface area (Å²) in [5.74, 6) is -0.412. The van der Waals surface area contributed by atoms with Crippen LogP contribution in [-0.4, -0.2) is 37.3 Å². The maximum absolute atomic E-state index is 10.7. The molecule has 0 aliphatic heterocycles. The monoisotopic (exact) mass is 174 g/mol. The van der Waals surface area contributed by atoms with Crippen LogP contribution in [0.4, 0.5) is 0 Å². The van der Waals surface area contributed by atoms with Gasteiger partial charge in [0.25, 0.3) is 0 Å². The molecular formula is C7H14N2O3. The number of carbonyl (C=O) groups excluding carboxylic acids is 1. The first kappa shape index (κ1) is 11.1. The zero-order valence-corrected chi connectivity index (χ0v) is 6.88. The molecule has 12 heavy (non-hydrogen) atoms. The molecule has 0 aliphatic carbocycles. The van der Waals surface area contributed by atoms with Gasteiger partial charge in [-0.15, -0.1) is 12.1 Å². The lowest BCUT2D eigenvalue weighted by molar-refractivity contribution is -0.149. The van der Waals surface area contributed by atoms with Gasteiger partial charge in [0.1, 0.15) is 0 Å². The van der Waals surface area contributed by atoms with E-state index < -0.39 is 5.97 Å². The molecule has 0 rings (SSSR count). The largest absolute Gasteiger partial charge is 0.395 e. The minimum atomic E-state index is -0.412. The molecule has 0 bridgehead atoms. The summed E-state index contributed by atoms with van der Waals surface area (Å²) in [7, 11) is 0. The average molecular weight is 174 g/mol. The molecule has 0 atom stereocenters. The summed E-state index contributed by atoms with van der Waals surface area (Å²) in [6, 6.07) is 0. The third-order valence-corrected chi connectivity index (χ3v) is 0.972. The predicted octanol–water partition coefficient (Wildman–Crippen LogP) is -1.20. The van der Waals surface area contributed by atoms with Crippen LogP contribution in [-0.2, 0) is 9.63 Å². The fraction of sp³-hybridized carbons (Fsp3) is 0.571. The first-order valence-corrected chi connectivity index (χ1v) is 3.66. The van der Waals surface area contributed by atoms with Crippen LogP contribution in [0.5, 0.6) is 0 Å². The molecule has 70 valence electrons. The molecule has 0 aromatic rings. The Bertz CT molecular complexity index is 139. The Labute approximate surface area is 71.4 Å². The van der Waals surface area contributed by atoms with Gasteiger partial charge in [0.05, 0.1) is 13.2 Å². The quantitative estimate of drug-likeness (QED) is 0.257. The maximum Gasteiger partial charge on any atom is 0.338 e. The number of hydroxylamine groups is 1. The second-order valence-corrected chi connectivity index (χ2v) is 2.01. The van der Waals surface area contributed by atoms with Crippen molar-refractivity contribution >= 4 is 5.97 Å². The van der Waals surface area contributed by atoms with Crippen LogP contribution >= 0.6 is 0 Å². The van der Waals surface area contributed by atoms with E-state index in [0.29, 0.717) is 13.1 Å². The minimum absolute atomic E-state index is 0.00731. The molecule has 5 heteroatoms. The molecule has 0 aromatic heterocycles. The summed E-state index contributed by atoms with van der Waals surface area (Å²) in [6.45, 7) is 4.33. The lowest BCUT2D eigenvalue weighted by Crippen LogP contribution is -2.31. The van der Waals surface area contributed by atoms with E-state index >= 15 is 0 Å². The van der Waals surface area contributed by atoms with E-state index in [1.54, 1.807) is 6.08 Å². The molecule has 0 spiro atoms. The van der Waals surface area contributed by atoms with Gasteiger partial charge in [-0.1, -0.05) is 6.08 Å². The lowest BCUT2D eigenvalue weighted by Gasteiger charge is -2.03. The van der Waals surface area contributed by atoms with E-state index in [1.165, 1.54) is 0 Å². The second kappa shape index (κ2) is 8.19. The summed E-state index contributed by atoms with van der Waals surface area (Å²) in [5, 5.41) is 11.0. The Balaban J connectivity index is 3.15. The van der Waals surface area contributed by atoms with E-state index in [9.17, 15) is 4.79 Å². The highest BCUT2D eigenvalue weighted by atomic mass is 16.7. The predicted molar refractivity (Wildman–Crippen MR) is 44.2 cm³/mol. The van der Waals surface area contributed by atoms with Crippen LogP contribution in [0.15, 0.2) is 12.7 Å². The molecule has 3 N–H and O–H groups in total. The molecular weight excluding hydrogens is 160 g/mol. The Morgan fingerprint density at radius 2 is 2.42 bits per heavy atom. The first-order chi connectivity index (χ1) is 5.81. The van der Waals surface area contributed by atoms with E-state index in [1.807, 2.05) is 0 Å². The topological polar surface area (TPSA) is 70.6 Å². The Hall–Kier alpha value is -0.910. The Morgan fingerprint density at radius 1 is 1.67 bits per heavy atom. The van der Waals surface area contributed by atoms with Crippen molar-refractivity contribution in [2.45, 2.75) is 0 Å². The fourth-order valence-electron chi connectivity index (χ4n) is 0.487. The van der Waals surface area contributed by atoms with Gasteiger partial charge in [-0.05, 0) is 0 Å². The molecule has 0 fully saturated rings. The smallest absolute Gasteiger partial charge is 0.338 e. The van der Waals surface area contributed by atoms with Crippen molar-refractivity contribution in [1.29, 1.82) is 0 Å². The van der Waals surface area contributed by atoms with Gasteiger partial charge < -0.3 is 15.3 Å². The zero-order valence-electron chi connectivity index (χ0n) is 6.88. The van der Waals surface area contributed by atoms with Crippen LogP contribution < -0.4 is 10.8 Å². The molecule has 0 unspecified atom stereocenters. The molecule has 0 aliphatic rings. The van der Waals surface area contributed by atoms with E-state index in [-0.39, 0.29) is 13.2 Å². The molecule has 0 amide bonds. The molecule has 0 saturated heterocycles. The highest BCUT2D eigenvalue weighted by Gasteiger charge is 1.99. The molecule has 0 saturated carbocycles. The number of carbonyl (C=O) groups is 1. The third kappa shape index (κ3) is 7.20. The van der Waals surface area contributed by atoms with Gasteiger partial charge in [0, 0.05) is 13.1 Å². The number of hydrogen-bond donors (Lipinski definition) is 3. The maximum atomic E-state index is 10.7. The highest BCUT2D eigenvalue weighted by molar-refractivity contribution is 5.71. The van der Waals surface area contributed by atoms with Crippen LogP contribution in [0.2, 0.25) is 0 Å². The highest BCUT2D eigenvalue weighted by Crippen LogP contribution is 1.71. The summed E-state index contributed by atoms with van der Waals surface area (Å²) in [5.41, 5.74) is 2.39. The number of aliphatic hydroxyl groups excluding tert-OH is 1. The summed E-state index contributed by atoms with van der Waals surface area (Å²) in [4.78, 5) is 15.3. The molecule has 5 nitrogen and oxygen atoms in total. The number of hydrogen-bond acceptors (Lipinski definition) is 5. The van der Waals surface area contributed by atoms with Crippen molar-refractivity contribution in [3.8, 4) is 0 Å². The van der Waals surface area contributed by atoms with Crippen molar-refractivity contribution in [1.82, 2.24) is 10.8 Å².